The monoisotopic (exact) mass is 562 g/mol. The summed E-state index contributed by atoms with van der Waals surface area (Å²) >= 11 is 0. The van der Waals surface area contributed by atoms with E-state index in [0.717, 1.165) is 6.07 Å². The van der Waals surface area contributed by atoms with E-state index in [2.05, 4.69) is 45.0 Å². The zero-order chi connectivity index (χ0) is 28.0. The minimum Gasteiger partial charge on any atom is -0.406 e. The van der Waals surface area contributed by atoms with E-state index < -0.39 is 51.2 Å². The first-order chi connectivity index (χ1) is 17.1. The predicted molar refractivity (Wildman–Crippen MR) is 139 cm³/mol. The summed E-state index contributed by atoms with van der Waals surface area (Å²) in [4.78, 5) is 0. The maximum atomic E-state index is 13.6. The fraction of sp³-hybridized carbons (Fsp3) is 0.556. The molecule has 4 rings (SSSR count). The first-order valence-corrected chi connectivity index (χ1v) is 17.1. The van der Waals surface area contributed by atoms with Gasteiger partial charge in [0.2, 0.25) is 16.6 Å². The number of benzene rings is 2. The average Bonchev–Trinajstić information content (AvgIpc) is 3.31. The van der Waals surface area contributed by atoms with Crippen molar-refractivity contribution in [2.24, 2.45) is 0 Å². The minimum atomic E-state index is -5.58. The third kappa shape index (κ3) is 4.51. The molecule has 0 spiro atoms. The average molecular weight is 563 g/mol. The molecule has 2 aliphatic heterocycles. The van der Waals surface area contributed by atoms with E-state index >= 15 is 0 Å². The summed E-state index contributed by atoms with van der Waals surface area (Å²) in [7, 11) is -5.07. The highest BCUT2D eigenvalue weighted by atomic mass is 28.4. The van der Waals surface area contributed by atoms with Gasteiger partial charge in [0, 0.05) is 5.56 Å². The highest BCUT2D eigenvalue weighted by Crippen LogP contribution is 2.59. The fourth-order valence-electron chi connectivity index (χ4n) is 6.13. The molecule has 0 fully saturated rings. The molecular formula is C27H36F6O2Si2. The van der Waals surface area contributed by atoms with Gasteiger partial charge in [0.25, 0.3) is 5.60 Å². The molecule has 2 heterocycles. The molecule has 0 saturated carbocycles. The van der Waals surface area contributed by atoms with Gasteiger partial charge in [-0.3, -0.25) is 0 Å². The number of rotatable bonds is 4. The summed E-state index contributed by atoms with van der Waals surface area (Å²) in [6.45, 7) is 13.2. The molecule has 0 aromatic heterocycles. The fourth-order valence-corrected chi connectivity index (χ4v) is 14.9. The van der Waals surface area contributed by atoms with Crippen LogP contribution in [0.5, 0.6) is 0 Å². The number of fused-ring (bicyclic) bond motifs is 2. The number of halogens is 6. The Morgan fingerprint density at radius 2 is 1.24 bits per heavy atom. The Hall–Kier alpha value is -1.63. The van der Waals surface area contributed by atoms with Gasteiger partial charge in [0.05, 0.1) is 6.10 Å². The molecule has 0 amide bonds. The number of hydrogen-bond acceptors (Lipinski definition) is 2. The second kappa shape index (κ2) is 10.2. The van der Waals surface area contributed by atoms with Crippen LogP contribution < -0.4 is 10.4 Å². The van der Waals surface area contributed by atoms with Crippen molar-refractivity contribution in [3.63, 3.8) is 0 Å². The summed E-state index contributed by atoms with van der Waals surface area (Å²) in [5.74, 6) is 0. The molecule has 37 heavy (non-hydrogen) atoms. The lowest BCUT2D eigenvalue weighted by Gasteiger charge is -2.40. The molecular weight excluding hydrogens is 526 g/mol. The highest BCUT2D eigenvalue weighted by Gasteiger charge is 2.79. The second-order valence-corrected chi connectivity index (χ2v) is 19.3. The van der Waals surface area contributed by atoms with Crippen LogP contribution in [-0.4, -0.2) is 29.0 Å². The van der Waals surface area contributed by atoms with E-state index in [4.69, 9.17) is 8.85 Å². The van der Waals surface area contributed by atoms with Crippen molar-refractivity contribution >= 4 is 27.0 Å². The zero-order valence-electron chi connectivity index (χ0n) is 22.3. The summed E-state index contributed by atoms with van der Waals surface area (Å²) < 4.78 is 93.2. The van der Waals surface area contributed by atoms with Gasteiger partial charge in [-0.05, 0) is 46.0 Å². The lowest BCUT2D eigenvalue weighted by molar-refractivity contribution is -0.365. The SMILES string of the molecule is CC(C)[Si]1(C(C)C)OC(C(F)(F)F)(C(F)(F)F)c2ccccc21.CC[Si]1(CC)OC(C)c2ccccc21. The van der Waals surface area contributed by atoms with E-state index in [0.29, 0.717) is 6.10 Å². The smallest absolute Gasteiger partial charge is 0.406 e. The molecule has 0 N–H and O–H groups in total. The lowest BCUT2D eigenvalue weighted by Crippen LogP contribution is -2.59. The van der Waals surface area contributed by atoms with Crippen molar-refractivity contribution in [1.29, 1.82) is 0 Å². The standard InChI is InChI=1S/C15H18F6OSi.C12H18OSi/c1-9(2)23(10(3)4)12-8-6-5-7-11(12)13(22-23,14(16,17)18)15(19,20)21;1-4-14(5-2)12-9-7-6-8-11(12)10(3)13-14/h5-10H,1-4H3;6-10H,4-5H2,1-3H3. The highest BCUT2D eigenvalue weighted by molar-refractivity contribution is 6.90. The Balaban J connectivity index is 0.000000231. The number of alkyl halides is 6. The molecule has 1 atom stereocenters. The van der Waals surface area contributed by atoms with Crippen molar-refractivity contribution in [3.05, 3.63) is 59.7 Å². The Labute approximate surface area is 217 Å². The van der Waals surface area contributed by atoms with Crippen LogP contribution in [0.1, 0.15) is 65.7 Å². The van der Waals surface area contributed by atoms with Crippen LogP contribution >= 0.6 is 0 Å². The third-order valence-corrected chi connectivity index (χ3v) is 17.9. The van der Waals surface area contributed by atoms with E-state index in [1.165, 1.54) is 41.0 Å². The van der Waals surface area contributed by atoms with Gasteiger partial charge in [-0.1, -0.05) is 90.1 Å². The molecule has 1 unspecified atom stereocenters. The summed E-state index contributed by atoms with van der Waals surface area (Å²) in [6.07, 6.45) is -10.8. The van der Waals surface area contributed by atoms with Crippen molar-refractivity contribution in [3.8, 4) is 0 Å². The Bertz CT molecular complexity index is 1070. The number of hydrogen-bond donors (Lipinski definition) is 0. The molecule has 10 heteroatoms. The van der Waals surface area contributed by atoms with Gasteiger partial charge in [-0.15, -0.1) is 0 Å². The van der Waals surface area contributed by atoms with E-state index in [1.807, 2.05) is 0 Å². The molecule has 206 valence electrons. The van der Waals surface area contributed by atoms with Crippen LogP contribution in [0, 0.1) is 0 Å². The molecule has 2 nitrogen and oxygen atoms in total. The summed E-state index contributed by atoms with van der Waals surface area (Å²) in [5.41, 5.74) is -4.47. The van der Waals surface area contributed by atoms with E-state index in [-0.39, 0.29) is 5.19 Å². The molecule has 2 aliphatic rings. The van der Waals surface area contributed by atoms with Crippen LogP contribution in [0.25, 0.3) is 0 Å². The third-order valence-electron chi connectivity index (χ3n) is 8.00. The molecule has 0 aliphatic carbocycles. The van der Waals surface area contributed by atoms with Gasteiger partial charge in [0.15, 0.2) is 0 Å². The van der Waals surface area contributed by atoms with Crippen LogP contribution in [0.15, 0.2) is 48.5 Å². The summed E-state index contributed by atoms with van der Waals surface area (Å²) in [5, 5.41) is 1.64. The molecule has 0 radical (unpaired) electrons. The van der Waals surface area contributed by atoms with Crippen molar-refractivity contribution in [2.45, 2.75) is 95.7 Å². The normalized spacial score (nSPS) is 21.4. The lowest BCUT2D eigenvalue weighted by atomic mass is 9.92. The van der Waals surface area contributed by atoms with Crippen LogP contribution in [0.4, 0.5) is 26.3 Å². The Morgan fingerprint density at radius 1 is 0.784 bits per heavy atom. The predicted octanol–water partition coefficient (Wildman–Crippen LogP) is 7.98. The van der Waals surface area contributed by atoms with Crippen LogP contribution in [0.3, 0.4) is 0 Å². The van der Waals surface area contributed by atoms with Gasteiger partial charge >= 0.3 is 12.4 Å². The quantitative estimate of drug-likeness (QED) is 0.278. The topological polar surface area (TPSA) is 18.5 Å². The molecule has 0 bridgehead atoms. The first kappa shape index (κ1) is 29.9. The summed E-state index contributed by atoms with van der Waals surface area (Å²) in [6, 6.07) is 16.1. The molecule has 0 saturated heterocycles. The van der Waals surface area contributed by atoms with Gasteiger partial charge < -0.3 is 8.85 Å². The van der Waals surface area contributed by atoms with Crippen molar-refractivity contribution < 1.29 is 35.2 Å². The maximum Gasteiger partial charge on any atom is 0.429 e. The zero-order valence-corrected chi connectivity index (χ0v) is 24.3. The van der Waals surface area contributed by atoms with Gasteiger partial charge in [0.1, 0.15) is 0 Å². The maximum absolute atomic E-state index is 13.6. The Kier molecular flexibility index (Phi) is 8.22. The van der Waals surface area contributed by atoms with Crippen molar-refractivity contribution in [1.82, 2.24) is 0 Å². The van der Waals surface area contributed by atoms with Gasteiger partial charge in [-0.2, -0.15) is 26.3 Å². The van der Waals surface area contributed by atoms with E-state index in [9.17, 15) is 26.3 Å². The van der Waals surface area contributed by atoms with E-state index in [1.54, 1.807) is 27.7 Å². The second-order valence-electron chi connectivity index (χ2n) is 10.5. The van der Waals surface area contributed by atoms with Gasteiger partial charge in [-0.25, -0.2) is 0 Å². The largest absolute Gasteiger partial charge is 0.429 e. The Morgan fingerprint density at radius 3 is 1.70 bits per heavy atom. The minimum absolute atomic E-state index is 0.0969. The van der Waals surface area contributed by atoms with Crippen LogP contribution in [-0.2, 0) is 14.5 Å². The first-order valence-electron chi connectivity index (χ1n) is 12.8. The van der Waals surface area contributed by atoms with Crippen molar-refractivity contribution in [2.75, 3.05) is 0 Å². The molecule has 2 aromatic rings. The van der Waals surface area contributed by atoms with Crippen LogP contribution in [0.2, 0.25) is 23.2 Å². The molecule has 2 aromatic carbocycles.